The quantitative estimate of drug-likeness (QED) is 0.289. The zero-order valence-electron chi connectivity index (χ0n) is 17.0. The first-order chi connectivity index (χ1) is 13.7. The minimum absolute atomic E-state index is 0. The van der Waals surface area contributed by atoms with Crippen LogP contribution in [-0.4, -0.2) is 48.4 Å². The molecule has 1 unspecified atom stereocenters. The van der Waals surface area contributed by atoms with Crippen molar-refractivity contribution < 1.29 is 9.47 Å². The van der Waals surface area contributed by atoms with Gasteiger partial charge in [0.2, 0.25) is 0 Å². The molecule has 0 saturated carbocycles. The average Bonchev–Trinajstić information content (AvgIpc) is 3.15. The van der Waals surface area contributed by atoms with Crippen LogP contribution in [-0.2, 0) is 6.42 Å². The number of rotatable bonds is 7. The van der Waals surface area contributed by atoms with Crippen LogP contribution in [0.4, 0.5) is 0 Å². The summed E-state index contributed by atoms with van der Waals surface area (Å²) in [5.41, 5.74) is 1.84. The van der Waals surface area contributed by atoms with Crippen LogP contribution in [0.25, 0.3) is 5.65 Å². The van der Waals surface area contributed by atoms with Gasteiger partial charge >= 0.3 is 0 Å². The molecule has 3 rings (SSSR count). The van der Waals surface area contributed by atoms with Gasteiger partial charge in [-0.05, 0) is 37.3 Å². The number of fused-ring (bicyclic) bond motifs is 1. The molecule has 0 bridgehead atoms. The van der Waals surface area contributed by atoms with Gasteiger partial charge in [-0.15, -0.1) is 34.2 Å². The van der Waals surface area contributed by atoms with Gasteiger partial charge in [-0.2, -0.15) is 0 Å². The molecule has 2 heterocycles. The van der Waals surface area contributed by atoms with Crippen molar-refractivity contribution in [2.24, 2.45) is 4.99 Å². The summed E-state index contributed by atoms with van der Waals surface area (Å²) in [5.74, 6) is 3.18. The average molecular weight is 510 g/mol. The zero-order valence-corrected chi connectivity index (χ0v) is 19.4. The highest BCUT2D eigenvalue weighted by Gasteiger charge is 2.14. The topological polar surface area (TPSA) is 85.1 Å². The number of nitrogens with zero attached hydrogens (tertiary/aromatic N) is 4. The number of aromatic nitrogens is 3. The Morgan fingerprint density at radius 1 is 1.17 bits per heavy atom. The number of hydrogen-bond donors (Lipinski definition) is 2. The largest absolute Gasteiger partial charge is 0.497 e. The van der Waals surface area contributed by atoms with E-state index in [9.17, 15) is 0 Å². The maximum atomic E-state index is 5.48. The number of halogens is 1. The van der Waals surface area contributed by atoms with E-state index in [1.807, 2.05) is 47.0 Å². The van der Waals surface area contributed by atoms with Gasteiger partial charge < -0.3 is 20.1 Å². The lowest BCUT2D eigenvalue weighted by molar-refractivity contribution is 0.394. The summed E-state index contributed by atoms with van der Waals surface area (Å²) < 4.78 is 12.8. The van der Waals surface area contributed by atoms with Crippen molar-refractivity contribution in [3.05, 3.63) is 54.0 Å². The van der Waals surface area contributed by atoms with Crippen LogP contribution >= 0.6 is 24.0 Å². The lowest BCUT2D eigenvalue weighted by Gasteiger charge is -2.20. The molecule has 0 radical (unpaired) electrons. The van der Waals surface area contributed by atoms with Gasteiger partial charge in [0.05, 0.1) is 20.3 Å². The lowest BCUT2D eigenvalue weighted by atomic mass is 10.1. The number of hydrogen-bond acceptors (Lipinski definition) is 5. The van der Waals surface area contributed by atoms with E-state index in [-0.39, 0.29) is 30.0 Å². The highest BCUT2D eigenvalue weighted by molar-refractivity contribution is 14.0. The smallest absolute Gasteiger partial charge is 0.191 e. The second-order valence-corrected chi connectivity index (χ2v) is 6.27. The lowest BCUT2D eigenvalue weighted by Crippen LogP contribution is -2.39. The highest BCUT2D eigenvalue weighted by Crippen LogP contribution is 2.29. The Bertz CT molecular complexity index is 959. The molecule has 156 valence electrons. The van der Waals surface area contributed by atoms with Crippen LogP contribution < -0.4 is 20.1 Å². The number of methoxy groups -OCH3 is 2. The van der Waals surface area contributed by atoms with Crippen LogP contribution in [0, 0.1) is 0 Å². The maximum absolute atomic E-state index is 5.48. The summed E-state index contributed by atoms with van der Waals surface area (Å²) in [6.45, 7) is 2.73. The van der Waals surface area contributed by atoms with Crippen molar-refractivity contribution in [2.75, 3.05) is 27.8 Å². The summed E-state index contributed by atoms with van der Waals surface area (Å²) in [7, 11) is 5.06. The first-order valence-corrected chi connectivity index (χ1v) is 9.14. The molecule has 0 spiro atoms. The van der Waals surface area contributed by atoms with Crippen molar-refractivity contribution >= 4 is 35.6 Å². The Hall–Kier alpha value is -2.56. The molecule has 0 aliphatic carbocycles. The van der Waals surface area contributed by atoms with E-state index < -0.39 is 0 Å². The summed E-state index contributed by atoms with van der Waals surface area (Å²) in [6.07, 6.45) is 2.69. The van der Waals surface area contributed by atoms with Gasteiger partial charge in [-0.3, -0.25) is 9.39 Å². The molecule has 9 heteroatoms. The molecule has 0 aliphatic rings. The second-order valence-electron chi connectivity index (χ2n) is 6.27. The third-order valence-electron chi connectivity index (χ3n) is 4.51. The predicted octanol–water partition coefficient (Wildman–Crippen LogP) is 2.83. The molecular formula is C20H27IN6O2. The van der Waals surface area contributed by atoms with Gasteiger partial charge in [0.15, 0.2) is 11.6 Å². The van der Waals surface area contributed by atoms with E-state index in [0.29, 0.717) is 12.5 Å². The third kappa shape index (κ3) is 5.49. The van der Waals surface area contributed by atoms with Gasteiger partial charge in [0.25, 0.3) is 0 Å². The first-order valence-electron chi connectivity index (χ1n) is 9.14. The number of ether oxygens (including phenoxy) is 2. The summed E-state index contributed by atoms with van der Waals surface area (Å²) >= 11 is 0. The van der Waals surface area contributed by atoms with Gasteiger partial charge in [-0.1, -0.05) is 6.07 Å². The summed E-state index contributed by atoms with van der Waals surface area (Å²) in [4.78, 5) is 4.31. The first kappa shape index (κ1) is 22.7. The van der Waals surface area contributed by atoms with Gasteiger partial charge in [0.1, 0.15) is 17.3 Å². The van der Waals surface area contributed by atoms with Crippen molar-refractivity contribution in [3.63, 3.8) is 0 Å². The predicted molar refractivity (Wildman–Crippen MR) is 125 cm³/mol. The standard InChI is InChI=1S/C20H26N6O2.HI/c1-14(16-13-15(27-3)8-9-17(16)28-4)23-20(21-2)22-11-10-19-25-24-18-7-5-6-12-26(18)19;/h5-9,12-14H,10-11H2,1-4H3,(H2,21,22,23);1H. The van der Waals surface area contributed by atoms with Crippen LogP contribution in [0.5, 0.6) is 11.5 Å². The van der Waals surface area contributed by atoms with Crippen LogP contribution in [0.3, 0.4) is 0 Å². The van der Waals surface area contributed by atoms with Crippen molar-refractivity contribution in [3.8, 4) is 11.5 Å². The molecule has 1 atom stereocenters. The van der Waals surface area contributed by atoms with Crippen LogP contribution in [0.15, 0.2) is 47.6 Å². The third-order valence-corrected chi connectivity index (χ3v) is 4.51. The SMILES string of the molecule is CN=C(NCCc1nnc2ccccn12)NC(C)c1cc(OC)ccc1OC.I. The zero-order chi connectivity index (χ0) is 19.9. The Morgan fingerprint density at radius 3 is 2.72 bits per heavy atom. The molecule has 0 aliphatic heterocycles. The Morgan fingerprint density at radius 2 is 2.00 bits per heavy atom. The van der Waals surface area contributed by atoms with Gasteiger partial charge in [-0.25, -0.2) is 0 Å². The van der Waals surface area contributed by atoms with Crippen molar-refractivity contribution in [1.29, 1.82) is 0 Å². The molecule has 1 aromatic carbocycles. The molecule has 0 saturated heterocycles. The number of aliphatic imine (C=N–C) groups is 1. The minimum Gasteiger partial charge on any atom is -0.497 e. The monoisotopic (exact) mass is 510 g/mol. The molecule has 0 fully saturated rings. The fraction of sp³-hybridized carbons (Fsp3) is 0.350. The van der Waals surface area contributed by atoms with Crippen LogP contribution in [0.1, 0.15) is 24.4 Å². The molecule has 2 N–H and O–H groups in total. The van der Waals surface area contributed by atoms with E-state index in [4.69, 9.17) is 9.47 Å². The number of guanidine groups is 1. The Balaban J connectivity index is 0.00000300. The molecule has 0 amide bonds. The molecule has 8 nitrogen and oxygen atoms in total. The van der Waals surface area contributed by atoms with E-state index in [1.165, 1.54) is 0 Å². The fourth-order valence-electron chi connectivity index (χ4n) is 3.01. The van der Waals surface area contributed by atoms with Crippen molar-refractivity contribution in [1.82, 2.24) is 25.2 Å². The van der Waals surface area contributed by atoms with Gasteiger partial charge in [0, 0.05) is 31.8 Å². The normalized spacial score (nSPS) is 12.2. The van der Waals surface area contributed by atoms with E-state index >= 15 is 0 Å². The summed E-state index contributed by atoms with van der Waals surface area (Å²) in [6, 6.07) is 11.6. The Labute approximate surface area is 187 Å². The number of pyridine rings is 1. The fourth-order valence-corrected chi connectivity index (χ4v) is 3.01. The molecule has 2 aromatic heterocycles. The second kappa shape index (κ2) is 10.8. The van der Waals surface area contributed by atoms with E-state index in [2.05, 4.69) is 32.7 Å². The van der Waals surface area contributed by atoms with E-state index in [0.717, 1.165) is 35.0 Å². The number of benzene rings is 1. The van der Waals surface area contributed by atoms with Crippen molar-refractivity contribution in [2.45, 2.75) is 19.4 Å². The van der Waals surface area contributed by atoms with Crippen LogP contribution in [0.2, 0.25) is 0 Å². The minimum atomic E-state index is -0.0230. The molecule has 3 aromatic rings. The highest BCUT2D eigenvalue weighted by atomic mass is 127. The molecule has 29 heavy (non-hydrogen) atoms. The Kier molecular flexibility index (Phi) is 8.50. The maximum Gasteiger partial charge on any atom is 0.191 e. The van der Waals surface area contributed by atoms with E-state index in [1.54, 1.807) is 21.3 Å². The molecular weight excluding hydrogens is 483 g/mol. The summed E-state index contributed by atoms with van der Waals surface area (Å²) in [5, 5.41) is 15.1. The number of nitrogens with one attached hydrogen (secondary N) is 2.